The maximum Gasteiger partial charge on any atom is 0.0107 e. The Hall–Kier alpha value is -0.470. The van der Waals surface area contributed by atoms with Crippen molar-refractivity contribution in [1.29, 1.82) is 0 Å². The van der Waals surface area contributed by atoms with Crippen molar-refractivity contribution < 1.29 is 0 Å². The van der Waals surface area contributed by atoms with Gasteiger partial charge in [-0.2, -0.15) is 0 Å². The van der Waals surface area contributed by atoms with Crippen molar-refractivity contribution in [3.8, 4) is 0 Å². The fraction of sp³-hybridized carbons (Fsp3) is 0.538. The monoisotopic (exact) mass is 223 g/mol. The van der Waals surface area contributed by atoms with Crippen LogP contribution in [0, 0.1) is 6.92 Å². The molecule has 0 aliphatic rings. The third kappa shape index (κ3) is 4.27. The van der Waals surface area contributed by atoms with Crippen molar-refractivity contribution in [3.63, 3.8) is 0 Å². The number of aryl methyl sites for hydroxylation is 1. The summed E-state index contributed by atoms with van der Waals surface area (Å²) < 4.78 is 0. The Bertz CT molecular complexity index is 307. The Morgan fingerprint density at radius 2 is 2.07 bits per heavy atom. The van der Waals surface area contributed by atoms with Crippen LogP contribution >= 0.6 is 11.8 Å². The second-order valence-corrected chi connectivity index (χ2v) is 5.75. The summed E-state index contributed by atoms with van der Waals surface area (Å²) in [6, 6.07) is 6.76. The number of benzene rings is 1. The van der Waals surface area contributed by atoms with E-state index in [2.05, 4.69) is 44.3 Å². The van der Waals surface area contributed by atoms with Crippen molar-refractivity contribution in [2.45, 2.75) is 37.3 Å². The minimum atomic E-state index is 0.654. The molecule has 0 atom stereocenters. The lowest BCUT2D eigenvalue weighted by Crippen LogP contribution is -2.11. The Labute approximate surface area is 97.7 Å². The zero-order valence-corrected chi connectivity index (χ0v) is 10.9. The quantitative estimate of drug-likeness (QED) is 0.769. The van der Waals surface area contributed by atoms with Gasteiger partial charge in [-0.05, 0) is 38.6 Å². The molecule has 1 N–H and O–H groups in total. The summed E-state index contributed by atoms with van der Waals surface area (Å²) >= 11 is 1.96. The molecule has 0 unspecified atom stereocenters. The minimum absolute atomic E-state index is 0.654. The van der Waals surface area contributed by atoms with Crippen LogP contribution in [0.1, 0.15) is 25.0 Å². The second kappa shape index (κ2) is 6.19. The van der Waals surface area contributed by atoms with Gasteiger partial charge in [0.2, 0.25) is 0 Å². The first-order valence-corrected chi connectivity index (χ1v) is 6.42. The third-order valence-electron chi connectivity index (χ3n) is 2.22. The van der Waals surface area contributed by atoms with Gasteiger partial charge < -0.3 is 5.32 Å². The predicted octanol–water partition coefficient (Wildman–Crippen LogP) is 3.26. The van der Waals surface area contributed by atoms with E-state index >= 15 is 0 Å². The molecule has 0 saturated carbocycles. The van der Waals surface area contributed by atoms with E-state index in [-0.39, 0.29) is 0 Å². The highest BCUT2D eigenvalue weighted by Crippen LogP contribution is 2.27. The van der Waals surface area contributed by atoms with E-state index in [1.165, 1.54) is 16.0 Å². The van der Waals surface area contributed by atoms with Crippen LogP contribution in [0.15, 0.2) is 23.1 Å². The first kappa shape index (κ1) is 12.6. The maximum atomic E-state index is 3.21. The lowest BCUT2D eigenvalue weighted by atomic mass is 10.1. The van der Waals surface area contributed by atoms with E-state index in [1.54, 1.807) is 0 Å². The summed E-state index contributed by atoms with van der Waals surface area (Å²) in [5.41, 5.74) is 2.83. The van der Waals surface area contributed by atoms with Crippen LogP contribution in [-0.2, 0) is 6.42 Å². The lowest BCUT2D eigenvalue weighted by Gasteiger charge is -2.12. The van der Waals surface area contributed by atoms with Crippen LogP contribution in [0.4, 0.5) is 0 Å². The highest BCUT2D eigenvalue weighted by Gasteiger charge is 2.05. The summed E-state index contributed by atoms with van der Waals surface area (Å²) in [7, 11) is 2.01. The van der Waals surface area contributed by atoms with E-state index in [9.17, 15) is 0 Å². The molecule has 0 radical (unpaired) electrons. The molecule has 0 fully saturated rings. The smallest absolute Gasteiger partial charge is 0.0107 e. The molecule has 0 saturated heterocycles. The number of thioether (sulfide) groups is 1. The van der Waals surface area contributed by atoms with E-state index in [0.29, 0.717) is 5.25 Å². The third-order valence-corrected chi connectivity index (χ3v) is 3.35. The predicted molar refractivity (Wildman–Crippen MR) is 69.8 cm³/mol. The van der Waals surface area contributed by atoms with Crippen LogP contribution in [0.25, 0.3) is 0 Å². The van der Waals surface area contributed by atoms with Gasteiger partial charge >= 0.3 is 0 Å². The Kier molecular flexibility index (Phi) is 5.20. The molecule has 0 aliphatic heterocycles. The standard InChI is InChI=1S/C13H21NS/c1-10(2)15-13-6-5-11(3)9-12(13)7-8-14-4/h5-6,9-10,14H,7-8H2,1-4H3. The van der Waals surface area contributed by atoms with Crippen LogP contribution in [-0.4, -0.2) is 18.8 Å². The van der Waals surface area contributed by atoms with Gasteiger partial charge in [0.15, 0.2) is 0 Å². The van der Waals surface area contributed by atoms with Crippen molar-refractivity contribution in [3.05, 3.63) is 29.3 Å². The molecule has 1 aromatic rings. The molecule has 0 amide bonds. The summed E-state index contributed by atoms with van der Waals surface area (Å²) in [5.74, 6) is 0. The van der Waals surface area contributed by atoms with Crippen LogP contribution < -0.4 is 5.32 Å². The van der Waals surface area contributed by atoms with E-state index in [1.807, 2.05) is 18.8 Å². The molecule has 15 heavy (non-hydrogen) atoms. The minimum Gasteiger partial charge on any atom is -0.319 e. The van der Waals surface area contributed by atoms with Gasteiger partial charge in [0, 0.05) is 10.1 Å². The largest absolute Gasteiger partial charge is 0.319 e. The van der Waals surface area contributed by atoms with Crippen molar-refractivity contribution in [2.75, 3.05) is 13.6 Å². The van der Waals surface area contributed by atoms with Gasteiger partial charge in [0.25, 0.3) is 0 Å². The molecule has 0 heterocycles. The molecule has 1 nitrogen and oxygen atoms in total. The summed E-state index contributed by atoms with van der Waals surface area (Å²) in [4.78, 5) is 1.44. The summed E-state index contributed by atoms with van der Waals surface area (Å²) in [5, 5.41) is 3.86. The molecule has 0 spiro atoms. The van der Waals surface area contributed by atoms with Gasteiger partial charge in [-0.15, -0.1) is 11.8 Å². The van der Waals surface area contributed by atoms with Gasteiger partial charge in [-0.1, -0.05) is 31.5 Å². The van der Waals surface area contributed by atoms with Crippen LogP contribution in [0.2, 0.25) is 0 Å². The van der Waals surface area contributed by atoms with E-state index in [0.717, 1.165) is 13.0 Å². The fourth-order valence-corrected chi connectivity index (χ4v) is 2.50. The summed E-state index contributed by atoms with van der Waals surface area (Å²) in [6.07, 6.45) is 1.12. The Morgan fingerprint density at radius 3 is 2.67 bits per heavy atom. The molecular formula is C13H21NS. The van der Waals surface area contributed by atoms with Gasteiger partial charge in [0.05, 0.1) is 0 Å². The second-order valence-electron chi connectivity index (χ2n) is 4.13. The molecule has 2 heteroatoms. The maximum absolute atomic E-state index is 3.21. The van der Waals surface area contributed by atoms with E-state index < -0.39 is 0 Å². The van der Waals surface area contributed by atoms with Gasteiger partial charge in [0.1, 0.15) is 0 Å². The zero-order valence-electron chi connectivity index (χ0n) is 10.1. The average Bonchev–Trinajstić information content (AvgIpc) is 2.18. The molecular weight excluding hydrogens is 202 g/mol. The SMILES string of the molecule is CNCCc1cc(C)ccc1SC(C)C. The van der Waals surface area contributed by atoms with Crippen LogP contribution in [0.5, 0.6) is 0 Å². The molecule has 1 rings (SSSR count). The van der Waals surface area contributed by atoms with Gasteiger partial charge in [-0.25, -0.2) is 0 Å². The van der Waals surface area contributed by atoms with Crippen molar-refractivity contribution in [1.82, 2.24) is 5.32 Å². The zero-order chi connectivity index (χ0) is 11.3. The van der Waals surface area contributed by atoms with Crippen molar-refractivity contribution in [2.24, 2.45) is 0 Å². The van der Waals surface area contributed by atoms with Gasteiger partial charge in [-0.3, -0.25) is 0 Å². The topological polar surface area (TPSA) is 12.0 Å². The molecule has 0 aromatic heterocycles. The normalized spacial score (nSPS) is 11.0. The molecule has 0 aliphatic carbocycles. The van der Waals surface area contributed by atoms with Crippen LogP contribution in [0.3, 0.4) is 0 Å². The molecule has 84 valence electrons. The lowest BCUT2D eigenvalue weighted by molar-refractivity contribution is 0.782. The van der Waals surface area contributed by atoms with E-state index in [4.69, 9.17) is 0 Å². The number of likely N-dealkylation sites (N-methyl/N-ethyl adjacent to an activating group) is 1. The highest BCUT2D eigenvalue weighted by molar-refractivity contribution is 8.00. The fourth-order valence-electron chi connectivity index (χ4n) is 1.53. The number of rotatable bonds is 5. The molecule has 0 bridgehead atoms. The first-order chi connectivity index (χ1) is 7.13. The Balaban J connectivity index is 2.82. The Morgan fingerprint density at radius 1 is 1.33 bits per heavy atom. The summed E-state index contributed by atoms with van der Waals surface area (Å²) in [6.45, 7) is 7.69. The first-order valence-electron chi connectivity index (χ1n) is 5.54. The molecule has 1 aromatic carbocycles. The number of nitrogens with one attached hydrogen (secondary N) is 1. The van der Waals surface area contributed by atoms with Crippen molar-refractivity contribution >= 4 is 11.8 Å². The number of hydrogen-bond donors (Lipinski definition) is 1. The highest BCUT2D eigenvalue weighted by atomic mass is 32.2. The number of hydrogen-bond acceptors (Lipinski definition) is 2. The average molecular weight is 223 g/mol.